The van der Waals surface area contributed by atoms with Crippen LogP contribution in [0.1, 0.15) is 11.3 Å². The summed E-state index contributed by atoms with van der Waals surface area (Å²) in [5.41, 5.74) is 4.27. The van der Waals surface area contributed by atoms with Gasteiger partial charge in [-0.2, -0.15) is 10.1 Å². The van der Waals surface area contributed by atoms with Crippen molar-refractivity contribution in [3.8, 4) is 0 Å². The number of hydrogen-bond donors (Lipinski definition) is 1. The smallest absolute Gasteiger partial charge is 0.298 e. The van der Waals surface area contributed by atoms with Gasteiger partial charge in [-0.3, -0.25) is 23.5 Å². The third-order valence-electron chi connectivity index (χ3n) is 4.65. The van der Waals surface area contributed by atoms with Gasteiger partial charge in [0.1, 0.15) is 0 Å². The first kappa shape index (κ1) is 19.8. The first-order valence-corrected chi connectivity index (χ1v) is 9.86. The SMILES string of the molecule is Cn1c(=O)c2c(nc(NN=Cc3ccccn3)n2Cc2ccc(Br)cc2)n(C)c1=O. The van der Waals surface area contributed by atoms with E-state index in [0.717, 1.165) is 14.6 Å². The van der Waals surface area contributed by atoms with Gasteiger partial charge in [0.15, 0.2) is 11.2 Å². The van der Waals surface area contributed by atoms with Crippen LogP contribution in [0.15, 0.2) is 67.8 Å². The molecular formula is C20H18BrN7O2. The molecule has 1 N–H and O–H groups in total. The molecule has 0 aliphatic rings. The molecule has 9 nitrogen and oxygen atoms in total. The van der Waals surface area contributed by atoms with Crippen LogP contribution in [0.3, 0.4) is 0 Å². The monoisotopic (exact) mass is 467 g/mol. The minimum atomic E-state index is -0.440. The summed E-state index contributed by atoms with van der Waals surface area (Å²) in [6.07, 6.45) is 3.23. The molecule has 3 heterocycles. The van der Waals surface area contributed by atoms with Crippen LogP contribution < -0.4 is 16.7 Å². The molecule has 0 bridgehead atoms. The zero-order chi connectivity index (χ0) is 21.3. The van der Waals surface area contributed by atoms with Crippen molar-refractivity contribution in [2.24, 2.45) is 19.2 Å². The molecule has 0 aliphatic carbocycles. The van der Waals surface area contributed by atoms with E-state index in [9.17, 15) is 9.59 Å². The highest BCUT2D eigenvalue weighted by Gasteiger charge is 2.19. The summed E-state index contributed by atoms with van der Waals surface area (Å²) in [5.74, 6) is 0.346. The molecule has 0 spiro atoms. The van der Waals surface area contributed by atoms with Crippen molar-refractivity contribution < 1.29 is 0 Å². The first-order chi connectivity index (χ1) is 14.5. The molecule has 0 saturated heterocycles. The van der Waals surface area contributed by atoms with Crippen LogP contribution in [0.5, 0.6) is 0 Å². The maximum absolute atomic E-state index is 12.9. The third kappa shape index (κ3) is 3.69. The van der Waals surface area contributed by atoms with E-state index in [1.165, 1.54) is 11.6 Å². The number of fused-ring (bicyclic) bond motifs is 1. The van der Waals surface area contributed by atoms with Crippen LogP contribution in [0.4, 0.5) is 5.95 Å². The lowest BCUT2D eigenvalue weighted by Gasteiger charge is -2.09. The summed E-state index contributed by atoms with van der Waals surface area (Å²) in [5, 5.41) is 4.20. The number of aryl methyl sites for hydroxylation is 1. The summed E-state index contributed by atoms with van der Waals surface area (Å²) in [7, 11) is 3.04. The number of pyridine rings is 1. The average Bonchev–Trinajstić information content (AvgIpc) is 3.11. The minimum Gasteiger partial charge on any atom is -0.298 e. The third-order valence-corrected chi connectivity index (χ3v) is 5.18. The van der Waals surface area contributed by atoms with Gasteiger partial charge < -0.3 is 0 Å². The fourth-order valence-corrected chi connectivity index (χ4v) is 3.33. The summed E-state index contributed by atoms with van der Waals surface area (Å²) >= 11 is 3.42. The molecule has 0 unspecified atom stereocenters. The second kappa shape index (κ2) is 8.07. The van der Waals surface area contributed by atoms with Crippen molar-refractivity contribution in [1.29, 1.82) is 0 Å². The summed E-state index contributed by atoms with van der Waals surface area (Å²) < 4.78 is 5.10. The predicted octanol–water partition coefficient (Wildman–Crippen LogP) is 2.09. The molecule has 0 aliphatic heterocycles. The Kier molecular flexibility index (Phi) is 5.32. The Morgan fingerprint density at radius 2 is 1.87 bits per heavy atom. The second-order valence-corrected chi connectivity index (χ2v) is 7.57. The molecule has 10 heteroatoms. The van der Waals surface area contributed by atoms with E-state index < -0.39 is 11.2 Å². The summed E-state index contributed by atoms with van der Waals surface area (Å²) in [6, 6.07) is 13.2. The van der Waals surface area contributed by atoms with Crippen LogP contribution in [0, 0.1) is 0 Å². The Labute approximate surface area is 179 Å². The largest absolute Gasteiger partial charge is 0.332 e. The Morgan fingerprint density at radius 3 is 2.57 bits per heavy atom. The Bertz CT molecular complexity index is 1350. The van der Waals surface area contributed by atoms with Crippen molar-refractivity contribution in [2.75, 3.05) is 5.43 Å². The molecular weight excluding hydrogens is 450 g/mol. The lowest BCUT2D eigenvalue weighted by Crippen LogP contribution is -2.37. The van der Waals surface area contributed by atoms with Gasteiger partial charge in [0.05, 0.1) is 18.5 Å². The standard InChI is InChI=1S/C20H18BrN7O2/c1-26-17-16(18(29)27(2)20(26)30)28(12-13-6-8-14(21)9-7-13)19(24-17)25-23-11-15-5-3-4-10-22-15/h3-11H,12H2,1-2H3,(H,24,25). The number of nitrogens with one attached hydrogen (secondary N) is 1. The van der Waals surface area contributed by atoms with E-state index >= 15 is 0 Å². The van der Waals surface area contributed by atoms with Crippen LogP contribution in [-0.2, 0) is 20.6 Å². The number of rotatable bonds is 5. The number of hydrazone groups is 1. The molecule has 4 rings (SSSR count). The highest BCUT2D eigenvalue weighted by Crippen LogP contribution is 2.19. The van der Waals surface area contributed by atoms with E-state index in [1.54, 1.807) is 24.0 Å². The number of anilines is 1. The molecule has 3 aromatic heterocycles. The van der Waals surface area contributed by atoms with Crippen LogP contribution in [0.25, 0.3) is 11.2 Å². The lowest BCUT2D eigenvalue weighted by atomic mass is 10.2. The average molecular weight is 468 g/mol. The molecule has 0 atom stereocenters. The molecule has 1 aromatic carbocycles. The zero-order valence-electron chi connectivity index (χ0n) is 16.3. The van der Waals surface area contributed by atoms with Crippen LogP contribution in [0.2, 0.25) is 0 Å². The lowest BCUT2D eigenvalue weighted by molar-refractivity contribution is 0.702. The molecule has 152 valence electrons. The number of imidazole rings is 1. The van der Waals surface area contributed by atoms with Gasteiger partial charge in [0.2, 0.25) is 5.95 Å². The number of aromatic nitrogens is 5. The van der Waals surface area contributed by atoms with E-state index in [0.29, 0.717) is 23.7 Å². The Hall–Kier alpha value is -3.53. The van der Waals surface area contributed by atoms with Gasteiger partial charge >= 0.3 is 5.69 Å². The molecule has 0 fully saturated rings. The van der Waals surface area contributed by atoms with E-state index in [1.807, 2.05) is 42.5 Å². The number of hydrogen-bond acceptors (Lipinski definition) is 6. The summed E-state index contributed by atoms with van der Waals surface area (Å²) in [4.78, 5) is 33.9. The second-order valence-electron chi connectivity index (χ2n) is 6.65. The predicted molar refractivity (Wildman–Crippen MR) is 119 cm³/mol. The highest BCUT2D eigenvalue weighted by molar-refractivity contribution is 9.10. The molecule has 30 heavy (non-hydrogen) atoms. The van der Waals surface area contributed by atoms with Crippen molar-refractivity contribution in [2.45, 2.75) is 6.54 Å². The van der Waals surface area contributed by atoms with Gasteiger partial charge in [-0.15, -0.1) is 0 Å². The van der Waals surface area contributed by atoms with E-state index in [4.69, 9.17) is 0 Å². The summed E-state index contributed by atoms with van der Waals surface area (Å²) in [6.45, 7) is 0.374. The fourth-order valence-electron chi connectivity index (χ4n) is 3.07. The minimum absolute atomic E-state index is 0.288. The highest BCUT2D eigenvalue weighted by atomic mass is 79.9. The zero-order valence-corrected chi connectivity index (χ0v) is 17.9. The van der Waals surface area contributed by atoms with Gasteiger partial charge in [0, 0.05) is 24.8 Å². The number of nitrogens with zero attached hydrogens (tertiary/aromatic N) is 6. The van der Waals surface area contributed by atoms with E-state index in [-0.39, 0.29) is 5.65 Å². The maximum Gasteiger partial charge on any atom is 0.332 e. The van der Waals surface area contributed by atoms with Gasteiger partial charge in [0.25, 0.3) is 5.56 Å². The van der Waals surface area contributed by atoms with Gasteiger partial charge in [-0.25, -0.2) is 10.2 Å². The Morgan fingerprint density at radius 1 is 1.10 bits per heavy atom. The number of halogens is 1. The quantitative estimate of drug-likeness (QED) is 0.357. The first-order valence-electron chi connectivity index (χ1n) is 9.06. The molecule has 4 aromatic rings. The van der Waals surface area contributed by atoms with E-state index in [2.05, 4.69) is 36.4 Å². The maximum atomic E-state index is 12.9. The topological polar surface area (TPSA) is 99.1 Å². The Balaban J connectivity index is 1.83. The van der Waals surface area contributed by atoms with Gasteiger partial charge in [-0.05, 0) is 29.8 Å². The molecule has 0 saturated carbocycles. The molecule has 0 amide bonds. The normalized spacial score (nSPS) is 11.4. The molecule has 0 radical (unpaired) electrons. The van der Waals surface area contributed by atoms with Crippen molar-refractivity contribution in [3.63, 3.8) is 0 Å². The van der Waals surface area contributed by atoms with Gasteiger partial charge in [-0.1, -0.05) is 34.1 Å². The van der Waals surface area contributed by atoms with Crippen LogP contribution in [-0.4, -0.2) is 29.9 Å². The fraction of sp³-hybridized carbons (Fsp3) is 0.150. The number of benzene rings is 1. The van der Waals surface area contributed by atoms with Crippen molar-refractivity contribution in [1.82, 2.24) is 23.7 Å². The van der Waals surface area contributed by atoms with Crippen molar-refractivity contribution >= 4 is 39.3 Å². The van der Waals surface area contributed by atoms with Crippen molar-refractivity contribution in [3.05, 3.63) is 85.2 Å². The van der Waals surface area contributed by atoms with Crippen LogP contribution >= 0.6 is 15.9 Å².